The lowest BCUT2D eigenvalue weighted by Crippen LogP contribution is -2.44. The highest BCUT2D eigenvalue weighted by molar-refractivity contribution is 5.28. The molecule has 2 unspecified atom stereocenters. The van der Waals surface area contributed by atoms with Crippen molar-refractivity contribution in [1.82, 2.24) is 0 Å². The predicted octanol–water partition coefficient (Wildman–Crippen LogP) is 2.97. The fourth-order valence-corrected chi connectivity index (χ4v) is 2.98. The maximum atomic E-state index is 6.15. The zero-order chi connectivity index (χ0) is 13.1. The summed E-state index contributed by atoms with van der Waals surface area (Å²) in [4.78, 5) is 0. The van der Waals surface area contributed by atoms with Crippen molar-refractivity contribution < 1.29 is 14.2 Å². The van der Waals surface area contributed by atoms with Crippen LogP contribution in [0.3, 0.4) is 0 Å². The van der Waals surface area contributed by atoms with E-state index in [1.807, 2.05) is 6.07 Å². The molecule has 2 saturated heterocycles. The molecular formula is C16H22O3. The van der Waals surface area contributed by atoms with Gasteiger partial charge in [-0.1, -0.05) is 19.1 Å². The van der Waals surface area contributed by atoms with E-state index in [1.54, 1.807) is 0 Å². The second-order valence-electron chi connectivity index (χ2n) is 5.57. The summed E-state index contributed by atoms with van der Waals surface area (Å²) in [6.07, 6.45) is 4.22. The van der Waals surface area contributed by atoms with Gasteiger partial charge < -0.3 is 14.2 Å². The Hall–Kier alpha value is -1.06. The Morgan fingerprint density at radius 1 is 1.37 bits per heavy atom. The quantitative estimate of drug-likeness (QED) is 0.838. The smallest absolute Gasteiger partial charge is 0.119 e. The lowest BCUT2D eigenvalue weighted by Gasteiger charge is -2.37. The number of rotatable bonds is 3. The second kappa shape index (κ2) is 5.51. The summed E-state index contributed by atoms with van der Waals surface area (Å²) < 4.78 is 17.6. The highest BCUT2D eigenvalue weighted by Gasteiger charge is 2.41. The Morgan fingerprint density at radius 2 is 2.32 bits per heavy atom. The average molecular weight is 262 g/mol. The summed E-state index contributed by atoms with van der Waals surface area (Å²) in [6, 6.07) is 8.41. The van der Waals surface area contributed by atoms with Crippen LogP contribution in [0.25, 0.3) is 0 Å². The van der Waals surface area contributed by atoms with Crippen LogP contribution in [0.4, 0.5) is 0 Å². The van der Waals surface area contributed by atoms with Crippen LogP contribution in [0, 0.1) is 0 Å². The first kappa shape index (κ1) is 12.9. The van der Waals surface area contributed by atoms with Gasteiger partial charge in [0.2, 0.25) is 0 Å². The van der Waals surface area contributed by atoms with Crippen molar-refractivity contribution in [2.24, 2.45) is 0 Å². The van der Waals surface area contributed by atoms with Crippen LogP contribution < -0.4 is 4.74 Å². The molecule has 1 aromatic carbocycles. The summed E-state index contributed by atoms with van der Waals surface area (Å²) in [5.74, 6) is 0.986. The average Bonchev–Trinajstić information content (AvgIpc) is 2.87. The van der Waals surface area contributed by atoms with Crippen molar-refractivity contribution in [3.8, 4) is 5.75 Å². The third-order valence-electron chi connectivity index (χ3n) is 4.12. The third-order valence-corrected chi connectivity index (χ3v) is 4.12. The van der Waals surface area contributed by atoms with Gasteiger partial charge in [0.25, 0.3) is 0 Å². The molecule has 0 radical (unpaired) electrons. The minimum Gasteiger partial charge on any atom is -0.490 e. The monoisotopic (exact) mass is 262 g/mol. The summed E-state index contributed by atoms with van der Waals surface area (Å²) >= 11 is 0. The van der Waals surface area contributed by atoms with Crippen LogP contribution in [-0.4, -0.2) is 31.5 Å². The van der Waals surface area contributed by atoms with Gasteiger partial charge in [-0.25, -0.2) is 0 Å². The van der Waals surface area contributed by atoms with E-state index >= 15 is 0 Å². The topological polar surface area (TPSA) is 27.7 Å². The van der Waals surface area contributed by atoms with Gasteiger partial charge in [-0.15, -0.1) is 0 Å². The Labute approximate surface area is 114 Å². The molecule has 2 aliphatic heterocycles. The van der Waals surface area contributed by atoms with E-state index in [0.717, 1.165) is 51.3 Å². The van der Waals surface area contributed by atoms with E-state index in [2.05, 4.69) is 25.1 Å². The van der Waals surface area contributed by atoms with Gasteiger partial charge in [0.15, 0.2) is 0 Å². The molecule has 2 aliphatic rings. The van der Waals surface area contributed by atoms with Crippen LogP contribution in [0.5, 0.6) is 5.75 Å². The van der Waals surface area contributed by atoms with E-state index in [-0.39, 0.29) is 11.7 Å². The molecule has 104 valence electrons. The van der Waals surface area contributed by atoms with E-state index in [1.165, 1.54) is 5.56 Å². The van der Waals surface area contributed by atoms with E-state index in [0.29, 0.717) is 0 Å². The molecule has 1 aromatic rings. The normalized spacial score (nSPS) is 30.7. The summed E-state index contributed by atoms with van der Waals surface area (Å²) in [5.41, 5.74) is 1.24. The fraction of sp³-hybridized carbons (Fsp3) is 0.625. The Morgan fingerprint density at radius 3 is 3.11 bits per heavy atom. The van der Waals surface area contributed by atoms with Gasteiger partial charge >= 0.3 is 0 Å². The van der Waals surface area contributed by atoms with E-state index < -0.39 is 0 Å². The molecule has 0 N–H and O–H groups in total. The summed E-state index contributed by atoms with van der Waals surface area (Å²) in [5, 5.41) is 0. The minimum atomic E-state index is -0.0781. The standard InChI is InChI=1S/C16H22O3/c1-2-13-4-3-5-14(10-13)19-15-6-8-18-16(11-15)7-9-17-12-16/h3-5,10,15H,2,6-9,11-12H2,1H3. The van der Waals surface area contributed by atoms with Gasteiger partial charge in [-0.2, -0.15) is 0 Å². The zero-order valence-electron chi connectivity index (χ0n) is 11.6. The molecule has 0 amide bonds. The second-order valence-corrected chi connectivity index (χ2v) is 5.57. The Kier molecular flexibility index (Phi) is 3.76. The highest BCUT2D eigenvalue weighted by atomic mass is 16.6. The molecule has 0 bridgehead atoms. The maximum absolute atomic E-state index is 6.15. The Bertz CT molecular complexity index is 424. The first-order chi connectivity index (χ1) is 9.30. The third kappa shape index (κ3) is 2.93. The van der Waals surface area contributed by atoms with Crippen molar-refractivity contribution in [3.63, 3.8) is 0 Å². The SMILES string of the molecule is CCc1cccc(OC2CCOC3(CCOC3)C2)c1. The number of aryl methyl sites for hydroxylation is 1. The summed E-state index contributed by atoms with van der Waals surface area (Å²) in [6.45, 7) is 4.49. The number of benzene rings is 1. The molecule has 2 fully saturated rings. The molecule has 0 saturated carbocycles. The van der Waals surface area contributed by atoms with E-state index in [4.69, 9.17) is 14.2 Å². The molecule has 2 heterocycles. The molecule has 3 heteroatoms. The molecule has 0 aliphatic carbocycles. The van der Waals surface area contributed by atoms with Gasteiger partial charge in [0, 0.05) is 25.9 Å². The van der Waals surface area contributed by atoms with Crippen LogP contribution in [0.15, 0.2) is 24.3 Å². The summed E-state index contributed by atoms with van der Waals surface area (Å²) in [7, 11) is 0. The van der Waals surface area contributed by atoms with Gasteiger partial charge in [-0.05, 0) is 24.1 Å². The van der Waals surface area contributed by atoms with Crippen molar-refractivity contribution >= 4 is 0 Å². The first-order valence-corrected chi connectivity index (χ1v) is 7.27. The molecule has 19 heavy (non-hydrogen) atoms. The minimum absolute atomic E-state index is 0.0781. The van der Waals surface area contributed by atoms with Gasteiger partial charge in [0.1, 0.15) is 11.9 Å². The number of ether oxygens (including phenoxy) is 3. The molecule has 2 atom stereocenters. The Balaban J connectivity index is 1.65. The lowest BCUT2D eigenvalue weighted by atomic mass is 9.91. The van der Waals surface area contributed by atoms with Crippen molar-refractivity contribution in [1.29, 1.82) is 0 Å². The lowest BCUT2D eigenvalue weighted by molar-refractivity contribution is -0.112. The first-order valence-electron chi connectivity index (χ1n) is 7.27. The van der Waals surface area contributed by atoms with Gasteiger partial charge in [0.05, 0.1) is 18.8 Å². The molecule has 3 nitrogen and oxygen atoms in total. The van der Waals surface area contributed by atoms with E-state index in [9.17, 15) is 0 Å². The van der Waals surface area contributed by atoms with Crippen LogP contribution in [-0.2, 0) is 15.9 Å². The maximum Gasteiger partial charge on any atom is 0.119 e. The molecular weight excluding hydrogens is 240 g/mol. The zero-order valence-corrected chi connectivity index (χ0v) is 11.6. The fourth-order valence-electron chi connectivity index (χ4n) is 2.98. The van der Waals surface area contributed by atoms with Gasteiger partial charge in [-0.3, -0.25) is 0 Å². The number of hydrogen-bond donors (Lipinski definition) is 0. The van der Waals surface area contributed by atoms with Crippen LogP contribution in [0.1, 0.15) is 31.7 Å². The molecule has 1 spiro atoms. The van der Waals surface area contributed by atoms with Crippen LogP contribution in [0.2, 0.25) is 0 Å². The predicted molar refractivity (Wildman–Crippen MR) is 73.6 cm³/mol. The molecule has 3 rings (SSSR count). The highest BCUT2D eigenvalue weighted by Crippen LogP contribution is 2.34. The van der Waals surface area contributed by atoms with Crippen molar-refractivity contribution in [3.05, 3.63) is 29.8 Å². The van der Waals surface area contributed by atoms with Crippen LogP contribution >= 0.6 is 0 Å². The number of hydrogen-bond acceptors (Lipinski definition) is 3. The largest absolute Gasteiger partial charge is 0.490 e. The van der Waals surface area contributed by atoms with Crippen molar-refractivity contribution in [2.75, 3.05) is 19.8 Å². The molecule has 0 aromatic heterocycles. The van der Waals surface area contributed by atoms with Crippen molar-refractivity contribution in [2.45, 2.75) is 44.3 Å².